The molecular weight excluding hydrogens is 1520 g/mol. The van der Waals surface area contributed by atoms with Crippen molar-refractivity contribution in [1.29, 1.82) is 0 Å². The number of nitrogens with zero attached hydrogens (tertiary/aromatic N) is 4. The van der Waals surface area contributed by atoms with Crippen molar-refractivity contribution in [2.45, 2.75) is 209 Å². The maximum absolute atomic E-state index is 13.7. The van der Waals surface area contributed by atoms with Crippen LogP contribution in [0.1, 0.15) is 147 Å². The van der Waals surface area contributed by atoms with Gasteiger partial charge in [-0.25, -0.2) is 15.0 Å². The number of aromatic nitrogens is 3. The third kappa shape index (κ3) is 22.2. The number of pyridine rings is 3. The molecule has 3 saturated carbocycles. The average Bonchev–Trinajstić information content (AvgIpc) is 0.488. The molecule has 33 heteroatoms. The molecule has 6 aromatic rings. The van der Waals surface area contributed by atoms with Crippen molar-refractivity contribution in [2.75, 3.05) is 7.05 Å². The van der Waals surface area contributed by atoms with E-state index in [9.17, 15) is 88.2 Å². The number of aliphatic hydroxyl groups is 3. The zero-order valence-corrected chi connectivity index (χ0v) is 66.7. The minimum Gasteiger partial charge on any atom is -0.505 e. The van der Waals surface area contributed by atoms with E-state index in [-0.39, 0.29) is 71.3 Å². The number of aliphatic hydroxyl groups excluding tert-OH is 3. The molecule has 6 heterocycles. The van der Waals surface area contributed by atoms with E-state index >= 15 is 0 Å². The normalized spacial score (nSPS) is 28.5. The Bertz CT molecular complexity index is 4350. The van der Waals surface area contributed by atoms with Crippen LogP contribution in [0.2, 0.25) is 0 Å². The molecule has 0 bridgehead atoms. The van der Waals surface area contributed by atoms with Gasteiger partial charge in [0.15, 0.2) is 23.2 Å². The maximum atomic E-state index is 13.7. The van der Waals surface area contributed by atoms with Crippen molar-refractivity contribution < 1.29 is 92.9 Å². The van der Waals surface area contributed by atoms with Crippen LogP contribution in [0.3, 0.4) is 0 Å². The SMILES string of the molecule is C[C@H]1NC(=O)C(C2CCC2)N(C)C(=O)[C@H](C)[C@H](O)[C@H](Cc2ccccc2)NC(=O)[C@H]1NC(=O)c1ncccc1O.C[C@H]1NC(=O)C(C2CCC2)NC(=O)[C@H](C)[C@H](O)[C@H](Cc2ccccc2)NC(=O)[C@H]1NC(=O)c1ncccc1O.C[C@H]1NC(=O)C(C2CCC2)OC(=O)[C@H](C)[C@H](O)[C@H](Cc2ccccc2)NC(=O)[C@H]1NC(=O)c1ncccc1O. The van der Waals surface area contributed by atoms with Gasteiger partial charge in [-0.15, -0.1) is 0 Å². The minimum atomic E-state index is -1.35. The van der Waals surface area contributed by atoms with Gasteiger partial charge in [-0.2, -0.15) is 0 Å². The summed E-state index contributed by atoms with van der Waals surface area (Å²) in [5.74, 6) is -11.9. The summed E-state index contributed by atoms with van der Waals surface area (Å²) in [6, 6.07) is 24.9. The number of amides is 11. The van der Waals surface area contributed by atoms with Crippen molar-refractivity contribution in [3.63, 3.8) is 0 Å². The molecule has 3 aliphatic carbocycles. The van der Waals surface area contributed by atoms with Crippen LogP contribution in [-0.2, 0) is 67.2 Å². The van der Waals surface area contributed by atoms with Crippen LogP contribution < -0.4 is 53.2 Å². The number of hydrogen-bond acceptors (Lipinski definition) is 22. The standard InChI is InChI=1S/C29H37N5O6.C28H35N5O6.C28H34N4O7/c1-16-25(36)20(15-18-9-5-4-6-10-18)32-26(37)22(33-27(38)23-21(35)13-8-14-30-23)17(2)31-28(39)24(19-11-7-12-19)34(3)29(16)40;1-15-24(35)19(14-17-8-4-3-5-9-17)31-26(37)21(32-28(39)23-20(34)12-7-13-29-23)16(2)30-27(38)22(33-25(15)36)18-10-6-11-18;1-15-23(34)19(14-17-8-4-3-5-9-17)31-25(35)21(32-26(36)22-20(33)12-7-13-29-22)16(2)30-27(37)24(39-28(15)38)18-10-6-11-18/h4-6,8-10,13-14,16-17,19-20,22,24-25,35-36H,7,11-12,15H2,1-3H3,(H,31,39)(H,32,37)(H,33,38);3-5,7-9,12-13,15-16,18-19,21-22,24,34-35H,6,10-11,14H2,1-2H3,(H,30,38)(H,31,37)(H,32,39)(H,33,36);3-5,7-9,12-13,15-16,18-19,21,23-24,33-34H,6,10-11,14H2,1-2H3,(H,30,37)(H,31,35)(H,32,36)/t16-,17-,20+,22+,24?,25+;15-,16-,19+,21+,22?,24+;15-,16-,19+,21+,23+,24?/m111/s1. The lowest BCUT2D eigenvalue weighted by Gasteiger charge is -2.41. The summed E-state index contributed by atoms with van der Waals surface area (Å²) in [5.41, 5.74) is 1.64. The Hall–Kier alpha value is -12.0. The molecule has 16 N–H and O–H groups in total. The summed E-state index contributed by atoms with van der Waals surface area (Å²) in [6.07, 6.45) is 6.89. The highest BCUT2D eigenvalue weighted by atomic mass is 16.6. The highest BCUT2D eigenvalue weighted by Crippen LogP contribution is 2.36. The lowest BCUT2D eigenvalue weighted by Crippen LogP contribution is -2.65. The quantitative estimate of drug-likeness (QED) is 0.0654. The van der Waals surface area contributed by atoms with Gasteiger partial charge in [0.2, 0.25) is 41.4 Å². The number of benzene rings is 3. The maximum Gasteiger partial charge on any atom is 0.312 e. The van der Waals surface area contributed by atoms with E-state index in [0.717, 1.165) is 61.6 Å². The first kappa shape index (κ1) is 88.4. The molecule has 18 atom stereocenters. The van der Waals surface area contributed by atoms with Gasteiger partial charge >= 0.3 is 5.97 Å². The summed E-state index contributed by atoms with van der Waals surface area (Å²) in [6.45, 7) is 9.31. The fourth-order valence-electron chi connectivity index (χ4n) is 15.2. The number of carbonyl (C=O) groups excluding carboxylic acids is 12. The predicted molar refractivity (Wildman–Crippen MR) is 426 cm³/mol. The number of rotatable bonds is 15. The highest BCUT2D eigenvalue weighted by molar-refractivity contribution is 6.01. The Kier molecular flexibility index (Phi) is 30.5. The number of nitrogens with one attached hydrogen (secondary N) is 10. The lowest BCUT2D eigenvalue weighted by molar-refractivity contribution is -0.169. The van der Waals surface area contributed by atoms with Gasteiger partial charge in [0.1, 0.15) is 47.5 Å². The summed E-state index contributed by atoms with van der Waals surface area (Å²) in [4.78, 5) is 173. The second kappa shape index (κ2) is 40.7. The third-order valence-corrected chi connectivity index (χ3v) is 23.1. The molecule has 3 aromatic heterocycles. The van der Waals surface area contributed by atoms with Crippen molar-refractivity contribution in [1.82, 2.24) is 73.0 Å². The van der Waals surface area contributed by atoms with Crippen molar-refractivity contribution >= 4 is 70.9 Å². The van der Waals surface area contributed by atoms with Gasteiger partial charge < -0.3 is 93.4 Å². The van der Waals surface area contributed by atoms with E-state index in [4.69, 9.17) is 4.74 Å². The molecule has 6 fully saturated rings. The first-order valence-corrected chi connectivity index (χ1v) is 40.0. The van der Waals surface area contributed by atoms with Gasteiger partial charge in [0, 0.05) is 31.6 Å². The molecule has 0 spiro atoms. The van der Waals surface area contributed by atoms with Gasteiger partial charge in [-0.05, 0) is 150 Å². The van der Waals surface area contributed by atoms with Crippen molar-refractivity contribution in [3.05, 3.63) is 180 Å². The van der Waals surface area contributed by atoms with Gasteiger partial charge in [0.25, 0.3) is 23.6 Å². The van der Waals surface area contributed by atoms with Crippen LogP contribution in [-0.4, -0.2) is 219 Å². The molecule has 6 aliphatic rings. The third-order valence-electron chi connectivity index (χ3n) is 23.1. The molecule has 3 aromatic carbocycles. The number of hydrogen-bond donors (Lipinski definition) is 16. The zero-order valence-electron chi connectivity index (χ0n) is 66.7. The Morgan fingerprint density at radius 3 is 1.08 bits per heavy atom. The van der Waals surface area contributed by atoms with Crippen LogP contribution in [0, 0.1) is 35.5 Å². The Morgan fingerprint density at radius 2 is 0.737 bits per heavy atom. The van der Waals surface area contributed by atoms with Crippen molar-refractivity contribution in [2.24, 2.45) is 35.5 Å². The van der Waals surface area contributed by atoms with E-state index in [0.29, 0.717) is 12.8 Å². The van der Waals surface area contributed by atoms with Crippen LogP contribution in [0.15, 0.2) is 146 Å². The van der Waals surface area contributed by atoms with Gasteiger partial charge in [-0.1, -0.05) is 124 Å². The van der Waals surface area contributed by atoms with Gasteiger partial charge in [-0.3, -0.25) is 57.5 Å². The van der Waals surface area contributed by atoms with E-state index < -0.39 is 180 Å². The molecule has 0 radical (unpaired) electrons. The monoisotopic (exact) mass is 1630 g/mol. The lowest BCUT2D eigenvalue weighted by atomic mass is 9.78. The summed E-state index contributed by atoms with van der Waals surface area (Å²) in [7, 11) is 1.57. The van der Waals surface area contributed by atoms with E-state index in [2.05, 4.69) is 68.1 Å². The van der Waals surface area contributed by atoms with E-state index in [1.165, 1.54) is 73.7 Å². The molecule has 3 saturated heterocycles. The molecule has 3 unspecified atom stereocenters. The summed E-state index contributed by atoms with van der Waals surface area (Å²) >= 11 is 0. The second-order valence-electron chi connectivity index (χ2n) is 31.4. The fourth-order valence-corrected chi connectivity index (χ4v) is 15.2. The largest absolute Gasteiger partial charge is 0.505 e. The van der Waals surface area contributed by atoms with Gasteiger partial charge in [0.05, 0.1) is 72.3 Å². The first-order valence-electron chi connectivity index (χ1n) is 40.0. The number of esters is 1. The predicted octanol–water partition coefficient (Wildman–Crippen LogP) is 2.01. The molecule has 11 amide bonds. The first-order chi connectivity index (χ1) is 56.4. The molecule has 3 aliphatic heterocycles. The van der Waals surface area contributed by atoms with Crippen molar-refractivity contribution in [3.8, 4) is 17.2 Å². The number of carbonyl (C=O) groups is 12. The Morgan fingerprint density at radius 1 is 0.398 bits per heavy atom. The molecule has 12 rings (SSSR count). The Labute approximate surface area is 682 Å². The van der Waals surface area contributed by atoms with Crippen LogP contribution in [0.25, 0.3) is 0 Å². The molecular formula is C85H106N14O19. The summed E-state index contributed by atoms with van der Waals surface area (Å²) < 4.78 is 5.64. The van der Waals surface area contributed by atoms with Crippen LogP contribution in [0.5, 0.6) is 17.2 Å². The zero-order chi connectivity index (χ0) is 85.2. The smallest absolute Gasteiger partial charge is 0.312 e. The van der Waals surface area contributed by atoms with E-state index in [1.807, 2.05) is 91.0 Å². The second-order valence-corrected chi connectivity index (χ2v) is 31.4. The number of ether oxygens (including phenoxy) is 1. The Balaban J connectivity index is 0.000000186. The number of likely N-dealkylation sites (N-methyl/N-ethyl adjacent to an activating group) is 1. The van der Waals surface area contributed by atoms with Crippen LogP contribution >= 0.6 is 0 Å². The molecule has 118 heavy (non-hydrogen) atoms. The number of cyclic esters (lactones) is 1. The van der Waals surface area contributed by atoms with E-state index in [1.54, 1.807) is 34.7 Å². The molecule has 630 valence electrons. The molecule has 33 nitrogen and oxygen atoms in total. The highest BCUT2D eigenvalue weighted by Gasteiger charge is 2.47. The number of aromatic hydroxyl groups is 3. The average molecular weight is 1630 g/mol. The fraction of sp³-hybridized carbons (Fsp3) is 0.471. The summed E-state index contributed by atoms with van der Waals surface area (Å²) in [5, 5.41) is 91.5. The van der Waals surface area contributed by atoms with Crippen LogP contribution in [0.4, 0.5) is 0 Å². The topological polar surface area (TPSA) is 498 Å². The minimum absolute atomic E-state index is 0.0547.